The van der Waals surface area contributed by atoms with Crippen molar-refractivity contribution in [2.45, 2.75) is 38.3 Å². The van der Waals surface area contributed by atoms with Crippen molar-refractivity contribution in [3.05, 3.63) is 29.8 Å². The highest BCUT2D eigenvalue weighted by Gasteiger charge is 2.13. The maximum absolute atomic E-state index is 5.19. The normalized spacial score (nSPS) is 20.3. The summed E-state index contributed by atoms with van der Waals surface area (Å²) in [6.07, 6.45) is 5.39. The number of methoxy groups -OCH3 is 1. The van der Waals surface area contributed by atoms with Crippen molar-refractivity contribution < 1.29 is 4.74 Å². The van der Waals surface area contributed by atoms with Gasteiger partial charge in [0.1, 0.15) is 5.75 Å². The van der Waals surface area contributed by atoms with E-state index in [1.54, 1.807) is 7.11 Å². The van der Waals surface area contributed by atoms with Crippen LogP contribution < -0.4 is 10.1 Å². The zero-order chi connectivity index (χ0) is 13.5. The molecule has 0 aromatic heterocycles. The molecule has 1 aromatic carbocycles. The number of hydrogen-bond acceptors (Lipinski definition) is 3. The molecule has 0 saturated carbocycles. The standard InChI is InChI=1S/C16H26N2O/c1-18(13-15-6-4-3-5-11-17-15)12-14-7-9-16(19-2)10-8-14/h7-10,15,17H,3-6,11-13H2,1-2H3. The molecule has 0 amide bonds. The topological polar surface area (TPSA) is 24.5 Å². The van der Waals surface area contributed by atoms with Gasteiger partial charge < -0.3 is 15.0 Å². The average Bonchev–Trinajstić information content (AvgIpc) is 2.68. The van der Waals surface area contributed by atoms with Gasteiger partial charge in [0.25, 0.3) is 0 Å². The average molecular weight is 262 g/mol. The number of nitrogens with zero attached hydrogens (tertiary/aromatic N) is 1. The summed E-state index contributed by atoms with van der Waals surface area (Å²) < 4.78 is 5.19. The summed E-state index contributed by atoms with van der Waals surface area (Å²) in [6.45, 7) is 3.31. The Morgan fingerprint density at radius 3 is 2.74 bits per heavy atom. The van der Waals surface area contributed by atoms with E-state index in [0.29, 0.717) is 6.04 Å². The third-order valence-corrected chi connectivity index (χ3v) is 3.81. The van der Waals surface area contributed by atoms with E-state index in [9.17, 15) is 0 Å². The van der Waals surface area contributed by atoms with E-state index in [-0.39, 0.29) is 0 Å². The SMILES string of the molecule is COc1ccc(CN(C)CC2CCCCCN2)cc1. The smallest absolute Gasteiger partial charge is 0.118 e. The van der Waals surface area contributed by atoms with Crippen molar-refractivity contribution >= 4 is 0 Å². The molecule has 0 bridgehead atoms. The molecular weight excluding hydrogens is 236 g/mol. The lowest BCUT2D eigenvalue weighted by Crippen LogP contribution is -2.38. The highest BCUT2D eigenvalue weighted by molar-refractivity contribution is 5.27. The summed E-state index contributed by atoms with van der Waals surface area (Å²) in [5.74, 6) is 0.928. The summed E-state index contributed by atoms with van der Waals surface area (Å²) in [5, 5.41) is 3.65. The summed E-state index contributed by atoms with van der Waals surface area (Å²) in [4.78, 5) is 2.41. The Morgan fingerprint density at radius 2 is 2.00 bits per heavy atom. The van der Waals surface area contributed by atoms with E-state index in [2.05, 4.69) is 29.4 Å². The van der Waals surface area contributed by atoms with Gasteiger partial charge in [-0.05, 0) is 44.1 Å². The van der Waals surface area contributed by atoms with Crippen LogP contribution in [0.15, 0.2) is 24.3 Å². The fraction of sp³-hybridized carbons (Fsp3) is 0.625. The van der Waals surface area contributed by atoms with Gasteiger partial charge in [-0.25, -0.2) is 0 Å². The molecule has 19 heavy (non-hydrogen) atoms. The van der Waals surface area contributed by atoms with E-state index < -0.39 is 0 Å². The molecule has 1 N–H and O–H groups in total. The van der Waals surface area contributed by atoms with E-state index in [1.807, 2.05) is 12.1 Å². The molecule has 1 aromatic rings. The Labute approximate surface area is 116 Å². The zero-order valence-corrected chi connectivity index (χ0v) is 12.2. The number of rotatable bonds is 5. The van der Waals surface area contributed by atoms with Gasteiger partial charge >= 0.3 is 0 Å². The van der Waals surface area contributed by atoms with Gasteiger partial charge in [-0.1, -0.05) is 25.0 Å². The van der Waals surface area contributed by atoms with Crippen molar-refractivity contribution in [1.82, 2.24) is 10.2 Å². The Morgan fingerprint density at radius 1 is 1.21 bits per heavy atom. The van der Waals surface area contributed by atoms with Crippen LogP contribution in [0.2, 0.25) is 0 Å². The summed E-state index contributed by atoms with van der Waals surface area (Å²) in [7, 11) is 3.91. The minimum absolute atomic E-state index is 0.658. The number of ether oxygens (including phenoxy) is 1. The molecule has 0 aliphatic carbocycles. The molecule has 0 radical (unpaired) electrons. The molecule has 3 nitrogen and oxygen atoms in total. The quantitative estimate of drug-likeness (QED) is 0.883. The molecule has 1 atom stereocenters. The Kier molecular flexibility index (Phi) is 5.67. The predicted molar refractivity (Wildman–Crippen MR) is 79.6 cm³/mol. The van der Waals surface area contributed by atoms with Crippen LogP contribution >= 0.6 is 0 Å². The second-order valence-electron chi connectivity index (χ2n) is 5.55. The van der Waals surface area contributed by atoms with E-state index in [4.69, 9.17) is 4.74 Å². The highest BCUT2D eigenvalue weighted by atomic mass is 16.5. The summed E-state index contributed by atoms with van der Waals surface area (Å²) >= 11 is 0. The predicted octanol–water partition coefficient (Wildman–Crippen LogP) is 2.66. The minimum atomic E-state index is 0.658. The number of nitrogens with one attached hydrogen (secondary N) is 1. The van der Waals surface area contributed by atoms with Crippen LogP contribution in [-0.4, -0.2) is 38.2 Å². The lowest BCUT2D eigenvalue weighted by molar-refractivity contribution is 0.278. The minimum Gasteiger partial charge on any atom is -0.497 e. The van der Waals surface area contributed by atoms with Gasteiger partial charge in [0.2, 0.25) is 0 Å². The van der Waals surface area contributed by atoms with Gasteiger partial charge in [-0.3, -0.25) is 0 Å². The second kappa shape index (κ2) is 7.51. The first-order chi connectivity index (χ1) is 9.28. The van der Waals surface area contributed by atoms with Crippen LogP contribution in [0.3, 0.4) is 0 Å². The maximum Gasteiger partial charge on any atom is 0.118 e. The molecule has 1 aliphatic heterocycles. The molecule has 2 rings (SSSR count). The molecule has 1 heterocycles. The first-order valence-electron chi connectivity index (χ1n) is 7.33. The monoisotopic (exact) mass is 262 g/mol. The molecule has 106 valence electrons. The highest BCUT2D eigenvalue weighted by Crippen LogP contribution is 2.14. The van der Waals surface area contributed by atoms with Gasteiger partial charge in [0.15, 0.2) is 0 Å². The Balaban J connectivity index is 1.80. The molecule has 1 saturated heterocycles. The Hall–Kier alpha value is -1.06. The van der Waals surface area contributed by atoms with Crippen LogP contribution in [0.1, 0.15) is 31.2 Å². The third-order valence-electron chi connectivity index (χ3n) is 3.81. The number of likely N-dealkylation sites (N-methyl/N-ethyl adjacent to an activating group) is 1. The fourth-order valence-corrected chi connectivity index (χ4v) is 2.74. The largest absolute Gasteiger partial charge is 0.497 e. The molecular formula is C16H26N2O. The van der Waals surface area contributed by atoms with Crippen LogP contribution in [0.5, 0.6) is 5.75 Å². The number of benzene rings is 1. The summed E-state index contributed by atoms with van der Waals surface area (Å²) in [5.41, 5.74) is 1.34. The molecule has 3 heteroatoms. The van der Waals surface area contributed by atoms with Gasteiger partial charge in [-0.2, -0.15) is 0 Å². The maximum atomic E-state index is 5.19. The lowest BCUT2D eigenvalue weighted by atomic mass is 10.1. The first kappa shape index (κ1) is 14.4. The van der Waals surface area contributed by atoms with Crippen molar-refractivity contribution in [2.24, 2.45) is 0 Å². The van der Waals surface area contributed by atoms with E-state index in [0.717, 1.165) is 18.8 Å². The Bertz CT molecular complexity index is 356. The van der Waals surface area contributed by atoms with Crippen molar-refractivity contribution in [2.75, 3.05) is 27.2 Å². The molecule has 0 spiro atoms. The molecule has 1 unspecified atom stereocenters. The van der Waals surface area contributed by atoms with Crippen molar-refractivity contribution in [3.8, 4) is 5.75 Å². The third kappa shape index (κ3) is 4.84. The van der Waals surface area contributed by atoms with Gasteiger partial charge in [-0.15, -0.1) is 0 Å². The van der Waals surface area contributed by atoms with E-state index >= 15 is 0 Å². The first-order valence-corrected chi connectivity index (χ1v) is 7.33. The van der Waals surface area contributed by atoms with Gasteiger partial charge in [0, 0.05) is 19.1 Å². The van der Waals surface area contributed by atoms with Crippen LogP contribution in [-0.2, 0) is 6.54 Å². The zero-order valence-electron chi connectivity index (χ0n) is 12.2. The van der Waals surface area contributed by atoms with Crippen LogP contribution in [0.25, 0.3) is 0 Å². The molecule has 1 fully saturated rings. The van der Waals surface area contributed by atoms with Crippen molar-refractivity contribution in [1.29, 1.82) is 0 Å². The van der Waals surface area contributed by atoms with E-state index in [1.165, 1.54) is 37.8 Å². The van der Waals surface area contributed by atoms with Crippen molar-refractivity contribution in [3.63, 3.8) is 0 Å². The number of hydrogen-bond donors (Lipinski definition) is 1. The van der Waals surface area contributed by atoms with Gasteiger partial charge in [0.05, 0.1) is 7.11 Å². The lowest BCUT2D eigenvalue weighted by Gasteiger charge is -2.24. The van der Waals surface area contributed by atoms with Crippen LogP contribution in [0.4, 0.5) is 0 Å². The second-order valence-corrected chi connectivity index (χ2v) is 5.55. The molecule has 1 aliphatic rings. The van der Waals surface area contributed by atoms with Crippen LogP contribution in [0, 0.1) is 0 Å². The fourth-order valence-electron chi connectivity index (χ4n) is 2.74. The summed E-state index contributed by atoms with van der Waals surface area (Å²) in [6, 6.07) is 9.03.